The Bertz CT molecular complexity index is 442. The molecule has 18 heavy (non-hydrogen) atoms. The number of aromatic nitrogens is 1. The molecule has 0 aliphatic carbocycles. The zero-order chi connectivity index (χ0) is 12.8. The number of rotatable bonds is 6. The van der Waals surface area contributed by atoms with Crippen LogP contribution in [0.4, 0.5) is 0 Å². The maximum absolute atomic E-state index is 11.6. The second-order valence-corrected chi connectivity index (χ2v) is 5.07. The average Bonchev–Trinajstić information content (AvgIpc) is 2.51. The minimum Gasteiger partial charge on any atom is -0.356 e. The van der Waals surface area contributed by atoms with Crippen LogP contribution in [-0.2, 0) is 11.3 Å². The van der Waals surface area contributed by atoms with Gasteiger partial charge in [0.2, 0.25) is 5.91 Å². The molecule has 0 saturated heterocycles. The van der Waals surface area contributed by atoms with Crippen LogP contribution in [0.15, 0.2) is 4.79 Å². The Kier molecular flexibility index (Phi) is 7.90. The number of nitrogens with two attached hydrogens (primary N) is 1. The van der Waals surface area contributed by atoms with E-state index in [2.05, 4.69) is 5.32 Å². The van der Waals surface area contributed by atoms with Crippen molar-refractivity contribution < 1.29 is 4.79 Å². The van der Waals surface area contributed by atoms with Crippen molar-refractivity contribution in [2.24, 2.45) is 5.73 Å². The van der Waals surface area contributed by atoms with Gasteiger partial charge in [0.15, 0.2) is 0 Å². The fraction of sp³-hybridized carbons (Fsp3) is 0.636. The summed E-state index contributed by atoms with van der Waals surface area (Å²) in [5.74, 6) is -0.0337. The molecule has 1 heterocycles. The fourth-order valence-electron chi connectivity index (χ4n) is 1.48. The van der Waals surface area contributed by atoms with Gasteiger partial charge >= 0.3 is 4.87 Å². The molecule has 3 N–H and O–H groups in total. The third-order valence-corrected chi connectivity index (χ3v) is 3.64. The molecule has 0 fully saturated rings. The highest BCUT2D eigenvalue weighted by atomic mass is 35.5. The van der Waals surface area contributed by atoms with E-state index in [1.165, 1.54) is 11.3 Å². The monoisotopic (exact) mass is 293 g/mol. The number of thiazole rings is 1. The number of amides is 1. The van der Waals surface area contributed by atoms with Crippen LogP contribution in [-0.4, -0.2) is 23.6 Å². The van der Waals surface area contributed by atoms with Gasteiger partial charge in [-0.25, -0.2) is 0 Å². The van der Waals surface area contributed by atoms with Crippen LogP contribution in [0.5, 0.6) is 0 Å². The second kappa shape index (κ2) is 8.29. The lowest BCUT2D eigenvalue weighted by Crippen LogP contribution is -2.28. The molecule has 0 aliphatic heterocycles. The molecule has 5 nitrogen and oxygen atoms in total. The number of nitrogens with one attached hydrogen (secondary N) is 1. The van der Waals surface area contributed by atoms with E-state index in [-0.39, 0.29) is 23.2 Å². The minimum atomic E-state index is -0.0337. The molecule has 0 aliphatic rings. The zero-order valence-corrected chi connectivity index (χ0v) is 12.3. The van der Waals surface area contributed by atoms with Gasteiger partial charge in [0.25, 0.3) is 0 Å². The highest BCUT2D eigenvalue weighted by Gasteiger charge is 2.08. The number of nitrogens with zero attached hydrogens (tertiary/aromatic N) is 1. The first-order valence-corrected chi connectivity index (χ1v) is 6.51. The number of hydrogen-bond donors (Lipinski definition) is 2. The van der Waals surface area contributed by atoms with Crippen molar-refractivity contribution in [3.05, 3.63) is 20.2 Å². The number of hydrogen-bond acceptors (Lipinski definition) is 4. The Labute approximate surface area is 117 Å². The number of aryl methyl sites for hydroxylation is 1. The van der Waals surface area contributed by atoms with Gasteiger partial charge in [0.1, 0.15) is 0 Å². The van der Waals surface area contributed by atoms with Crippen molar-refractivity contribution in [3.8, 4) is 0 Å². The molecule has 1 rings (SSSR count). The summed E-state index contributed by atoms with van der Waals surface area (Å²) in [7, 11) is 0. The topological polar surface area (TPSA) is 77.1 Å². The van der Waals surface area contributed by atoms with Crippen LogP contribution in [0, 0.1) is 13.8 Å². The summed E-state index contributed by atoms with van der Waals surface area (Å²) in [4.78, 5) is 24.0. The van der Waals surface area contributed by atoms with Crippen LogP contribution in [0.1, 0.15) is 23.4 Å². The molecule has 104 valence electrons. The Morgan fingerprint density at radius 3 is 2.61 bits per heavy atom. The molecule has 1 aromatic heterocycles. The van der Waals surface area contributed by atoms with Crippen molar-refractivity contribution in [3.63, 3.8) is 0 Å². The predicted molar refractivity (Wildman–Crippen MR) is 76.6 cm³/mol. The lowest BCUT2D eigenvalue weighted by molar-refractivity contribution is -0.121. The van der Waals surface area contributed by atoms with Crippen molar-refractivity contribution >= 4 is 29.7 Å². The quantitative estimate of drug-likeness (QED) is 0.762. The van der Waals surface area contributed by atoms with Gasteiger partial charge in [-0.15, -0.1) is 12.4 Å². The summed E-state index contributed by atoms with van der Waals surface area (Å²) in [5, 5.41) is 2.77. The van der Waals surface area contributed by atoms with Gasteiger partial charge in [-0.1, -0.05) is 11.3 Å². The first kappa shape index (κ1) is 17.2. The number of carbonyl (C=O) groups excluding carboxylic acids is 1. The van der Waals surface area contributed by atoms with Crippen LogP contribution >= 0.6 is 23.7 Å². The van der Waals surface area contributed by atoms with Crippen molar-refractivity contribution in [2.45, 2.75) is 33.2 Å². The molecule has 0 saturated carbocycles. The minimum absolute atomic E-state index is 0. The summed E-state index contributed by atoms with van der Waals surface area (Å²) in [6.07, 6.45) is 1.11. The fourth-order valence-corrected chi connectivity index (χ4v) is 2.34. The van der Waals surface area contributed by atoms with E-state index < -0.39 is 0 Å². The van der Waals surface area contributed by atoms with Crippen LogP contribution < -0.4 is 15.9 Å². The summed E-state index contributed by atoms with van der Waals surface area (Å²) in [6, 6.07) is 0. The third-order valence-electron chi connectivity index (χ3n) is 2.64. The van der Waals surface area contributed by atoms with E-state index in [9.17, 15) is 9.59 Å². The van der Waals surface area contributed by atoms with Gasteiger partial charge in [0.05, 0.1) is 0 Å². The summed E-state index contributed by atoms with van der Waals surface area (Å²) in [6.45, 7) is 5.44. The Morgan fingerprint density at radius 1 is 1.44 bits per heavy atom. The van der Waals surface area contributed by atoms with Gasteiger partial charge in [-0.2, -0.15) is 0 Å². The molecule has 1 amide bonds. The Balaban J connectivity index is 0.00000289. The lowest BCUT2D eigenvalue weighted by atomic mass is 10.3. The van der Waals surface area contributed by atoms with Crippen molar-refractivity contribution in [1.29, 1.82) is 0 Å². The largest absolute Gasteiger partial charge is 0.356 e. The van der Waals surface area contributed by atoms with E-state index in [0.717, 1.165) is 17.0 Å². The molecule has 0 atom stereocenters. The molecule has 0 bridgehead atoms. The maximum Gasteiger partial charge on any atom is 0.307 e. The second-order valence-electron chi connectivity index (χ2n) is 3.90. The molecule has 1 aromatic rings. The molecule has 0 spiro atoms. The standard InChI is InChI=1S/C11H19N3O2S.ClH/c1-8-9(2)17-11(16)14(8)7-4-10(15)13-6-3-5-12;/h3-7,12H2,1-2H3,(H,13,15);1H. The van der Waals surface area contributed by atoms with Gasteiger partial charge < -0.3 is 15.6 Å². The predicted octanol–water partition coefficient (Wildman–Crippen LogP) is 0.804. The summed E-state index contributed by atoms with van der Waals surface area (Å²) in [5.41, 5.74) is 6.28. The zero-order valence-electron chi connectivity index (χ0n) is 10.7. The molecular weight excluding hydrogens is 274 g/mol. The van der Waals surface area contributed by atoms with Crippen molar-refractivity contribution in [2.75, 3.05) is 13.1 Å². The van der Waals surface area contributed by atoms with E-state index in [0.29, 0.717) is 26.1 Å². The van der Waals surface area contributed by atoms with E-state index in [1.54, 1.807) is 4.57 Å². The Morgan fingerprint density at radius 2 is 2.11 bits per heavy atom. The SMILES string of the molecule is Cc1sc(=O)n(CCC(=O)NCCCN)c1C.Cl. The highest BCUT2D eigenvalue weighted by molar-refractivity contribution is 7.09. The maximum atomic E-state index is 11.6. The highest BCUT2D eigenvalue weighted by Crippen LogP contribution is 2.09. The first-order valence-electron chi connectivity index (χ1n) is 5.70. The number of carbonyl (C=O) groups is 1. The van der Waals surface area contributed by atoms with Gasteiger partial charge in [-0.3, -0.25) is 9.59 Å². The molecule has 7 heteroatoms. The number of halogens is 1. The normalized spacial score (nSPS) is 9.94. The van der Waals surface area contributed by atoms with Gasteiger partial charge in [0, 0.05) is 30.1 Å². The van der Waals surface area contributed by atoms with E-state index in [1.807, 2.05) is 13.8 Å². The smallest absolute Gasteiger partial charge is 0.307 e. The summed E-state index contributed by atoms with van der Waals surface area (Å²) >= 11 is 1.23. The molecule has 0 radical (unpaired) electrons. The lowest BCUT2D eigenvalue weighted by Gasteiger charge is -2.06. The van der Waals surface area contributed by atoms with Crippen molar-refractivity contribution in [1.82, 2.24) is 9.88 Å². The Hall–Kier alpha value is -0.850. The third kappa shape index (κ3) is 4.80. The van der Waals surface area contributed by atoms with Crippen LogP contribution in [0.25, 0.3) is 0 Å². The molecule has 0 unspecified atom stereocenters. The summed E-state index contributed by atoms with van der Waals surface area (Å²) < 4.78 is 1.66. The molecular formula is C11H20ClN3O2S. The van der Waals surface area contributed by atoms with E-state index >= 15 is 0 Å². The van der Waals surface area contributed by atoms with Gasteiger partial charge in [-0.05, 0) is 26.8 Å². The first-order chi connectivity index (χ1) is 8.06. The average molecular weight is 294 g/mol. The van der Waals surface area contributed by atoms with E-state index in [4.69, 9.17) is 5.73 Å². The van der Waals surface area contributed by atoms with Crippen LogP contribution in [0.2, 0.25) is 0 Å². The molecule has 0 aromatic carbocycles. The van der Waals surface area contributed by atoms with Crippen LogP contribution in [0.3, 0.4) is 0 Å².